The van der Waals surface area contributed by atoms with Crippen LogP contribution in [0.1, 0.15) is 0 Å². The summed E-state index contributed by atoms with van der Waals surface area (Å²) in [6, 6.07) is 10.3. The number of hydrogen-bond donors (Lipinski definition) is 1. The lowest BCUT2D eigenvalue weighted by molar-refractivity contribution is 0.377. The lowest BCUT2D eigenvalue weighted by atomic mass is 10.2. The Morgan fingerprint density at radius 3 is 2.44 bits per heavy atom. The third-order valence-electron chi connectivity index (χ3n) is 4.47. The maximum atomic E-state index is 13.3. The quantitative estimate of drug-likeness (QED) is 0.769. The van der Waals surface area contributed by atoms with Gasteiger partial charge in [-0.05, 0) is 42.5 Å². The van der Waals surface area contributed by atoms with Crippen molar-refractivity contribution in [3.8, 4) is 11.5 Å². The number of halogens is 2. The van der Waals surface area contributed by atoms with Gasteiger partial charge in [0.25, 0.3) is 0 Å². The van der Waals surface area contributed by atoms with Gasteiger partial charge in [0.05, 0.1) is 24.9 Å². The van der Waals surface area contributed by atoms with E-state index in [9.17, 15) is 4.39 Å². The number of rotatable bonds is 4. The summed E-state index contributed by atoms with van der Waals surface area (Å²) < 4.78 is 24.0. The summed E-state index contributed by atoms with van der Waals surface area (Å²) in [6.07, 6.45) is 0. The van der Waals surface area contributed by atoms with Gasteiger partial charge >= 0.3 is 0 Å². The molecule has 0 radical (unpaired) electrons. The minimum atomic E-state index is -0.449. The van der Waals surface area contributed by atoms with Crippen LogP contribution in [0.25, 0.3) is 0 Å². The van der Waals surface area contributed by atoms with Crippen LogP contribution in [0.3, 0.4) is 0 Å². The first-order chi connectivity index (χ1) is 13.0. The molecule has 8 heteroatoms. The summed E-state index contributed by atoms with van der Waals surface area (Å²) >= 11 is 11.3. The van der Waals surface area contributed by atoms with Crippen molar-refractivity contribution in [2.75, 3.05) is 50.6 Å². The molecule has 2 aromatic carbocycles. The molecule has 1 saturated heterocycles. The first-order valence-electron chi connectivity index (χ1n) is 8.50. The summed E-state index contributed by atoms with van der Waals surface area (Å²) in [5.74, 6) is 1.09. The van der Waals surface area contributed by atoms with E-state index in [4.69, 9.17) is 33.3 Å². The molecule has 0 unspecified atom stereocenters. The van der Waals surface area contributed by atoms with Crippen molar-refractivity contribution in [1.82, 2.24) is 4.90 Å². The fourth-order valence-electron chi connectivity index (χ4n) is 2.97. The average molecular weight is 410 g/mol. The molecule has 2 aromatic rings. The van der Waals surface area contributed by atoms with Crippen LogP contribution in [0.2, 0.25) is 5.02 Å². The highest BCUT2D eigenvalue weighted by molar-refractivity contribution is 7.80. The molecule has 1 heterocycles. The van der Waals surface area contributed by atoms with E-state index in [1.54, 1.807) is 20.3 Å². The number of nitrogens with zero attached hydrogens (tertiary/aromatic N) is 2. The Bertz CT molecular complexity index is 829. The number of nitrogens with one attached hydrogen (secondary N) is 1. The van der Waals surface area contributed by atoms with Crippen LogP contribution in [-0.2, 0) is 0 Å². The van der Waals surface area contributed by atoms with Gasteiger partial charge in [0.2, 0.25) is 0 Å². The topological polar surface area (TPSA) is 37.0 Å². The van der Waals surface area contributed by atoms with Crippen LogP contribution in [-0.4, -0.2) is 50.4 Å². The van der Waals surface area contributed by atoms with E-state index in [-0.39, 0.29) is 5.02 Å². The van der Waals surface area contributed by atoms with Crippen molar-refractivity contribution in [2.24, 2.45) is 0 Å². The van der Waals surface area contributed by atoms with E-state index < -0.39 is 5.82 Å². The fourth-order valence-corrected chi connectivity index (χ4v) is 3.45. The SMILES string of the molecule is COc1ccc(N2CCN(C(=S)Nc3ccc(F)c(Cl)c3)CC2)c(OC)c1. The Morgan fingerprint density at radius 1 is 1.07 bits per heavy atom. The highest BCUT2D eigenvalue weighted by Gasteiger charge is 2.21. The van der Waals surface area contributed by atoms with E-state index in [1.807, 2.05) is 18.2 Å². The van der Waals surface area contributed by atoms with Gasteiger partial charge in [0.15, 0.2) is 5.11 Å². The van der Waals surface area contributed by atoms with Crippen molar-refractivity contribution < 1.29 is 13.9 Å². The zero-order valence-electron chi connectivity index (χ0n) is 15.2. The third kappa shape index (κ3) is 4.54. The number of piperazine rings is 1. The van der Waals surface area contributed by atoms with Crippen molar-refractivity contribution >= 4 is 40.3 Å². The van der Waals surface area contributed by atoms with E-state index in [1.165, 1.54) is 12.1 Å². The van der Waals surface area contributed by atoms with Gasteiger partial charge in [-0.15, -0.1) is 0 Å². The Labute approximate surface area is 168 Å². The molecule has 0 bridgehead atoms. The van der Waals surface area contributed by atoms with E-state index in [0.717, 1.165) is 43.4 Å². The summed E-state index contributed by atoms with van der Waals surface area (Å²) in [7, 11) is 3.29. The number of hydrogen-bond acceptors (Lipinski definition) is 4. The molecule has 1 N–H and O–H groups in total. The Hall–Kier alpha value is -2.25. The lowest BCUT2D eigenvalue weighted by Crippen LogP contribution is -2.50. The molecule has 1 aliphatic rings. The highest BCUT2D eigenvalue weighted by atomic mass is 35.5. The maximum absolute atomic E-state index is 13.3. The smallest absolute Gasteiger partial charge is 0.173 e. The second-order valence-corrected chi connectivity index (χ2v) is 6.86. The second kappa shape index (κ2) is 8.63. The monoisotopic (exact) mass is 409 g/mol. The van der Waals surface area contributed by atoms with Gasteiger partial charge in [-0.2, -0.15) is 0 Å². The first kappa shape index (κ1) is 19.5. The summed E-state index contributed by atoms with van der Waals surface area (Å²) in [5, 5.41) is 3.78. The van der Waals surface area contributed by atoms with Crippen LogP contribution >= 0.6 is 23.8 Å². The molecule has 27 heavy (non-hydrogen) atoms. The Morgan fingerprint density at radius 2 is 1.81 bits per heavy atom. The minimum Gasteiger partial charge on any atom is -0.497 e. The van der Waals surface area contributed by atoms with Crippen LogP contribution in [0, 0.1) is 5.82 Å². The lowest BCUT2D eigenvalue weighted by Gasteiger charge is -2.38. The zero-order chi connectivity index (χ0) is 19.4. The van der Waals surface area contributed by atoms with Crippen LogP contribution in [0.15, 0.2) is 36.4 Å². The Kier molecular flexibility index (Phi) is 6.23. The minimum absolute atomic E-state index is 0.0687. The largest absolute Gasteiger partial charge is 0.497 e. The second-order valence-electron chi connectivity index (χ2n) is 6.07. The molecule has 5 nitrogen and oxygen atoms in total. The Balaban J connectivity index is 1.61. The molecule has 144 valence electrons. The summed E-state index contributed by atoms with van der Waals surface area (Å²) in [6.45, 7) is 3.12. The molecule has 1 aliphatic heterocycles. The van der Waals surface area contributed by atoms with E-state index >= 15 is 0 Å². The number of methoxy groups -OCH3 is 2. The van der Waals surface area contributed by atoms with Gasteiger partial charge in [-0.25, -0.2) is 4.39 Å². The molecule has 0 aliphatic carbocycles. The number of benzene rings is 2. The van der Waals surface area contributed by atoms with Crippen LogP contribution < -0.4 is 19.7 Å². The zero-order valence-corrected chi connectivity index (χ0v) is 16.7. The fraction of sp³-hybridized carbons (Fsp3) is 0.316. The third-order valence-corrected chi connectivity index (χ3v) is 5.12. The van der Waals surface area contributed by atoms with Crippen LogP contribution in [0.5, 0.6) is 11.5 Å². The van der Waals surface area contributed by atoms with Crippen molar-refractivity contribution in [3.05, 3.63) is 47.2 Å². The van der Waals surface area contributed by atoms with Gasteiger partial charge in [0, 0.05) is 37.9 Å². The molecule has 0 amide bonds. The average Bonchev–Trinajstić information content (AvgIpc) is 2.70. The predicted octanol–water partition coefficient (Wildman–Crippen LogP) is 4.02. The standard InChI is InChI=1S/C19H21ClFN3O2S/c1-25-14-4-6-17(18(12-14)26-2)23-7-9-24(10-8-23)19(27)22-13-3-5-16(21)15(20)11-13/h3-6,11-12H,7-10H2,1-2H3,(H,22,27). The molecular weight excluding hydrogens is 389 g/mol. The van der Waals surface area contributed by atoms with Gasteiger partial charge in [-0.1, -0.05) is 11.6 Å². The molecule has 0 saturated carbocycles. The summed E-state index contributed by atoms with van der Waals surface area (Å²) in [5.41, 5.74) is 1.70. The predicted molar refractivity (Wildman–Crippen MR) is 111 cm³/mol. The summed E-state index contributed by atoms with van der Waals surface area (Å²) in [4.78, 5) is 4.34. The molecule has 0 atom stereocenters. The normalized spacial score (nSPS) is 14.1. The van der Waals surface area contributed by atoms with Crippen LogP contribution in [0.4, 0.5) is 15.8 Å². The highest BCUT2D eigenvalue weighted by Crippen LogP contribution is 2.32. The van der Waals surface area contributed by atoms with E-state index in [2.05, 4.69) is 15.1 Å². The molecule has 0 aromatic heterocycles. The number of anilines is 2. The van der Waals surface area contributed by atoms with Gasteiger partial charge < -0.3 is 24.6 Å². The van der Waals surface area contributed by atoms with Gasteiger partial charge in [-0.3, -0.25) is 0 Å². The number of ether oxygens (including phenoxy) is 2. The number of thiocarbonyl (C=S) groups is 1. The molecule has 3 rings (SSSR count). The van der Waals surface area contributed by atoms with Crippen molar-refractivity contribution in [3.63, 3.8) is 0 Å². The van der Waals surface area contributed by atoms with E-state index in [0.29, 0.717) is 10.8 Å². The van der Waals surface area contributed by atoms with Crippen molar-refractivity contribution in [2.45, 2.75) is 0 Å². The van der Waals surface area contributed by atoms with Crippen molar-refractivity contribution in [1.29, 1.82) is 0 Å². The molecule has 0 spiro atoms. The van der Waals surface area contributed by atoms with Gasteiger partial charge in [0.1, 0.15) is 17.3 Å². The first-order valence-corrected chi connectivity index (χ1v) is 9.28. The maximum Gasteiger partial charge on any atom is 0.173 e. The molecule has 1 fully saturated rings. The molecular formula is C19H21ClFN3O2S.